The lowest BCUT2D eigenvalue weighted by molar-refractivity contribution is 0.690. The van der Waals surface area contributed by atoms with Crippen LogP contribution in [0.3, 0.4) is 0 Å². The summed E-state index contributed by atoms with van der Waals surface area (Å²) in [6.45, 7) is 1.32. The maximum Gasteiger partial charge on any atom is 0.144 e. The van der Waals surface area contributed by atoms with Crippen LogP contribution in [0.25, 0.3) is 0 Å². The molecular weight excluding hydrogens is 246 g/mol. The second kappa shape index (κ2) is 6.15. The van der Waals surface area contributed by atoms with E-state index in [-0.39, 0.29) is 0 Å². The third-order valence-electron chi connectivity index (χ3n) is 2.53. The maximum absolute atomic E-state index is 8.91. The number of nitrogens with one attached hydrogen (secondary N) is 1. The summed E-state index contributed by atoms with van der Waals surface area (Å²) in [5, 5.41) is 12.9. The summed E-state index contributed by atoms with van der Waals surface area (Å²) in [6.07, 6.45) is 1.62. The molecular formula is C14H12ClN3. The summed E-state index contributed by atoms with van der Waals surface area (Å²) in [5.74, 6) is 0. The van der Waals surface area contributed by atoms with Gasteiger partial charge in [-0.05, 0) is 23.8 Å². The number of hydrogen-bond donors (Lipinski definition) is 1. The predicted molar refractivity (Wildman–Crippen MR) is 70.9 cm³/mol. The third kappa shape index (κ3) is 3.30. The van der Waals surface area contributed by atoms with E-state index in [9.17, 15) is 0 Å². The van der Waals surface area contributed by atoms with Crippen LogP contribution in [0.2, 0.25) is 5.02 Å². The molecule has 0 aliphatic rings. The van der Waals surface area contributed by atoms with Crippen LogP contribution >= 0.6 is 11.6 Å². The molecule has 0 aliphatic heterocycles. The van der Waals surface area contributed by atoms with Crippen molar-refractivity contribution >= 4 is 11.6 Å². The lowest BCUT2D eigenvalue weighted by atomic mass is 10.2. The zero-order valence-corrected chi connectivity index (χ0v) is 10.5. The van der Waals surface area contributed by atoms with Crippen LogP contribution in [0, 0.1) is 11.3 Å². The Bertz CT molecular complexity index is 575. The summed E-state index contributed by atoms with van der Waals surface area (Å²) in [4.78, 5) is 4.01. The molecule has 0 fully saturated rings. The average molecular weight is 258 g/mol. The average Bonchev–Trinajstić information content (AvgIpc) is 2.39. The van der Waals surface area contributed by atoms with Gasteiger partial charge in [0.2, 0.25) is 0 Å². The number of nitrogens with zero attached hydrogens (tertiary/aromatic N) is 2. The summed E-state index contributed by atoms with van der Waals surface area (Å²) in [5.41, 5.74) is 2.49. The summed E-state index contributed by atoms with van der Waals surface area (Å²) in [6, 6.07) is 13.5. The van der Waals surface area contributed by atoms with E-state index in [1.165, 1.54) is 0 Å². The van der Waals surface area contributed by atoms with Crippen molar-refractivity contribution in [3.8, 4) is 6.07 Å². The molecule has 0 aliphatic carbocycles. The molecule has 2 rings (SSSR count). The van der Waals surface area contributed by atoms with Crippen molar-refractivity contribution in [2.45, 2.75) is 13.1 Å². The molecule has 0 bridgehead atoms. The van der Waals surface area contributed by atoms with E-state index < -0.39 is 0 Å². The fourth-order valence-corrected chi connectivity index (χ4v) is 1.88. The van der Waals surface area contributed by atoms with Gasteiger partial charge in [0.05, 0.1) is 0 Å². The SMILES string of the molecule is N#Cc1ncccc1CNCc1cccc(Cl)c1. The Balaban J connectivity index is 1.95. The van der Waals surface area contributed by atoms with Crippen LogP contribution in [0.4, 0.5) is 0 Å². The van der Waals surface area contributed by atoms with Crippen molar-refractivity contribution in [3.05, 3.63) is 64.4 Å². The van der Waals surface area contributed by atoms with Crippen molar-refractivity contribution in [3.63, 3.8) is 0 Å². The van der Waals surface area contributed by atoms with Crippen LogP contribution in [0.1, 0.15) is 16.8 Å². The van der Waals surface area contributed by atoms with Crippen molar-refractivity contribution in [1.29, 1.82) is 5.26 Å². The highest BCUT2D eigenvalue weighted by Gasteiger charge is 2.01. The first-order valence-electron chi connectivity index (χ1n) is 5.59. The van der Waals surface area contributed by atoms with Gasteiger partial charge in [0, 0.05) is 29.9 Å². The Hall–Kier alpha value is -1.89. The van der Waals surface area contributed by atoms with Gasteiger partial charge in [-0.15, -0.1) is 0 Å². The Morgan fingerprint density at radius 1 is 1.22 bits per heavy atom. The highest BCUT2D eigenvalue weighted by molar-refractivity contribution is 6.30. The maximum atomic E-state index is 8.91. The monoisotopic (exact) mass is 257 g/mol. The molecule has 1 aromatic carbocycles. The molecule has 0 saturated heterocycles. The minimum absolute atomic E-state index is 0.469. The van der Waals surface area contributed by atoms with Crippen molar-refractivity contribution < 1.29 is 0 Å². The highest BCUT2D eigenvalue weighted by Crippen LogP contribution is 2.10. The van der Waals surface area contributed by atoms with Gasteiger partial charge in [-0.1, -0.05) is 29.8 Å². The van der Waals surface area contributed by atoms with E-state index in [0.29, 0.717) is 18.8 Å². The number of rotatable bonds is 4. The molecule has 4 heteroatoms. The fourth-order valence-electron chi connectivity index (χ4n) is 1.67. The van der Waals surface area contributed by atoms with E-state index in [2.05, 4.69) is 16.4 Å². The smallest absolute Gasteiger partial charge is 0.144 e. The number of aromatic nitrogens is 1. The van der Waals surface area contributed by atoms with E-state index in [4.69, 9.17) is 16.9 Å². The van der Waals surface area contributed by atoms with Crippen LogP contribution in [-0.4, -0.2) is 4.98 Å². The summed E-state index contributed by atoms with van der Waals surface area (Å²) in [7, 11) is 0. The minimum atomic E-state index is 0.469. The molecule has 90 valence electrons. The van der Waals surface area contributed by atoms with Gasteiger partial charge in [0.25, 0.3) is 0 Å². The van der Waals surface area contributed by atoms with Crippen LogP contribution in [-0.2, 0) is 13.1 Å². The van der Waals surface area contributed by atoms with Crippen molar-refractivity contribution in [2.24, 2.45) is 0 Å². The predicted octanol–water partition coefficient (Wildman–Crippen LogP) is 2.90. The quantitative estimate of drug-likeness (QED) is 0.916. The number of benzene rings is 1. The Labute approximate surface area is 111 Å². The van der Waals surface area contributed by atoms with Gasteiger partial charge < -0.3 is 5.32 Å². The number of halogens is 1. The Kier molecular flexibility index (Phi) is 4.30. The molecule has 0 spiro atoms. The van der Waals surface area contributed by atoms with Crippen molar-refractivity contribution in [1.82, 2.24) is 10.3 Å². The Morgan fingerprint density at radius 3 is 2.89 bits per heavy atom. The van der Waals surface area contributed by atoms with Gasteiger partial charge in [0.15, 0.2) is 0 Å². The number of pyridine rings is 1. The molecule has 0 unspecified atom stereocenters. The van der Waals surface area contributed by atoms with E-state index in [1.54, 1.807) is 6.20 Å². The van der Waals surface area contributed by atoms with Crippen LogP contribution < -0.4 is 5.32 Å². The zero-order valence-electron chi connectivity index (χ0n) is 9.73. The minimum Gasteiger partial charge on any atom is -0.309 e. The van der Waals surface area contributed by atoms with E-state index in [1.807, 2.05) is 36.4 Å². The molecule has 0 atom stereocenters. The molecule has 1 N–H and O–H groups in total. The Morgan fingerprint density at radius 2 is 2.11 bits per heavy atom. The molecule has 1 aromatic heterocycles. The van der Waals surface area contributed by atoms with Gasteiger partial charge in [0.1, 0.15) is 11.8 Å². The van der Waals surface area contributed by atoms with Crippen LogP contribution in [0.15, 0.2) is 42.6 Å². The summed E-state index contributed by atoms with van der Waals surface area (Å²) < 4.78 is 0. The largest absolute Gasteiger partial charge is 0.309 e. The molecule has 0 saturated carbocycles. The molecule has 3 nitrogen and oxygen atoms in total. The molecule has 0 amide bonds. The standard InChI is InChI=1S/C14H12ClN3/c15-13-5-1-3-11(7-13)9-17-10-12-4-2-6-18-14(12)8-16/h1-7,17H,9-10H2. The van der Waals surface area contributed by atoms with Gasteiger partial charge in [-0.3, -0.25) is 0 Å². The molecule has 2 aromatic rings. The molecule has 0 radical (unpaired) electrons. The lowest BCUT2D eigenvalue weighted by Crippen LogP contribution is -2.13. The topological polar surface area (TPSA) is 48.7 Å². The van der Waals surface area contributed by atoms with Gasteiger partial charge in [-0.25, -0.2) is 4.98 Å². The van der Waals surface area contributed by atoms with Crippen LogP contribution in [0.5, 0.6) is 0 Å². The second-order valence-corrected chi connectivity index (χ2v) is 4.29. The van der Waals surface area contributed by atoms with Gasteiger partial charge >= 0.3 is 0 Å². The van der Waals surface area contributed by atoms with E-state index in [0.717, 1.165) is 16.1 Å². The number of nitriles is 1. The normalized spacial score (nSPS) is 10.0. The van der Waals surface area contributed by atoms with E-state index >= 15 is 0 Å². The van der Waals surface area contributed by atoms with Gasteiger partial charge in [-0.2, -0.15) is 5.26 Å². The fraction of sp³-hybridized carbons (Fsp3) is 0.143. The summed E-state index contributed by atoms with van der Waals surface area (Å²) >= 11 is 5.91. The lowest BCUT2D eigenvalue weighted by Gasteiger charge is -2.06. The number of hydrogen-bond acceptors (Lipinski definition) is 3. The van der Waals surface area contributed by atoms with Crippen molar-refractivity contribution in [2.75, 3.05) is 0 Å². The first-order valence-corrected chi connectivity index (χ1v) is 5.96. The molecule has 1 heterocycles. The highest BCUT2D eigenvalue weighted by atomic mass is 35.5. The first kappa shape index (κ1) is 12.6. The molecule has 18 heavy (non-hydrogen) atoms. The second-order valence-electron chi connectivity index (χ2n) is 3.86. The third-order valence-corrected chi connectivity index (χ3v) is 2.77. The zero-order chi connectivity index (χ0) is 12.8. The first-order chi connectivity index (χ1) is 8.79.